The summed E-state index contributed by atoms with van der Waals surface area (Å²) in [5, 5.41) is 4.53. The molecule has 0 fully saturated rings. The van der Waals surface area contributed by atoms with Crippen LogP contribution >= 0.6 is 11.6 Å². The smallest absolute Gasteiger partial charge is 0.338 e. The third-order valence-corrected chi connectivity index (χ3v) is 4.20. The second-order valence-electron chi connectivity index (χ2n) is 6.01. The van der Waals surface area contributed by atoms with Crippen LogP contribution in [0.4, 0.5) is 28.0 Å². The molecule has 2 N–H and O–H groups in total. The molecule has 2 aromatic rings. The largest absolute Gasteiger partial charge is 0.417 e. The summed E-state index contributed by atoms with van der Waals surface area (Å²) in [6.07, 6.45) is -1.30. The molecule has 8 heteroatoms. The van der Waals surface area contributed by atoms with Crippen LogP contribution in [0.25, 0.3) is 0 Å². The van der Waals surface area contributed by atoms with Gasteiger partial charge in [-0.2, -0.15) is 13.2 Å². The number of carbonyl (C=O) groups is 1. The summed E-state index contributed by atoms with van der Waals surface area (Å²) in [6.45, 7) is 0.398. The molecule has 146 valence electrons. The Hall–Kier alpha value is -2.28. The van der Waals surface area contributed by atoms with Crippen LogP contribution in [0.5, 0.6) is 0 Å². The lowest BCUT2D eigenvalue weighted by molar-refractivity contribution is -0.137. The van der Waals surface area contributed by atoms with Crippen molar-refractivity contribution in [1.82, 2.24) is 5.32 Å². The normalized spacial score (nSPS) is 11.3. The number of anilines is 1. The Morgan fingerprint density at radius 1 is 1.00 bits per heavy atom. The molecule has 0 unspecified atom stereocenters. The zero-order chi connectivity index (χ0) is 19.9. The Morgan fingerprint density at radius 2 is 1.70 bits per heavy atom. The van der Waals surface area contributed by atoms with Gasteiger partial charge in [0.05, 0.1) is 10.6 Å². The number of amides is 2. The third kappa shape index (κ3) is 7.09. The van der Waals surface area contributed by atoms with Gasteiger partial charge in [-0.05, 0) is 55.2 Å². The first kappa shape index (κ1) is 21.0. The van der Waals surface area contributed by atoms with Gasteiger partial charge in [0.15, 0.2) is 0 Å². The van der Waals surface area contributed by atoms with Crippen molar-refractivity contribution in [2.75, 3.05) is 11.9 Å². The van der Waals surface area contributed by atoms with Crippen molar-refractivity contribution in [2.45, 2.75) is 31.9 Å². The van der Waals surface area contributed by atoms with E-state index in [2.05, 4.69) is 10.6 Å². The molecule has 0 aromatic heterocycles. The molecular weight excluding hydrogens is 384 g/mol. The van der Waals surface area contributed by atoms with E-state index in [1.54, 1.807) is 12.1 Å². The Bertz CT molecular complexity index is 763. The van der Waals surface area contributed by atoms with E-state index in [0.717, 1.165) is 43.4 Å². The Morgan fingerprint density at radius 3 is 2.37 bits per heavy atom. The molecule has 3 nitrogen and oxygen atoms in total. The number of hydrogen-bond donors (Lipinski definition) is 2. The third-order valence-electron chi connectivity index (χ3n) is 3.87. The van der Waals surface area contributed by atoms with Crippen molar-refractivity contribution in [3.8, 4) is 0 Å². The van der Waals surface area contributed by atoms with Crippen LogP contribution in [0.1, 0.15) is 30.4 Å². The van der Waals surface area contributed by atoms with Crippen LogP contribution in [0, 0.1) is 5.82 Å². The summed E-state index contributed by atoms with van der Waals surface area (Å²) in [6, 6.07) is 8.93. The van der Waals surface area contributed by atoms with Crippen molar-refractivity contribution < 1.29 is 22.4 Å². The molecular formula is C19H19ClF4N2O. The molecule has 27 heavy (non-hydrogen) atoms. The topological polar surface area (TPSA) is 41.1 Å². The highest BCUT2D eigenvalue weighted by Crippen LogP contribution is 2.36. The number of unbranched alkanes of at least 4 members (excludes halogenated alkanes) is 2. The lowest BCUT2D eigenvalue weighted by atomic mass is 10.1. The van der Waals surface area contributed by atoms with Gasteiger partial charge in [-0.1, -0.05) is 30.2 Å². The zero-order valence-electron chi connectivity index (χ0n) is 14.4. The minimum Gasteiger partial charge on any atom is -0.338 e. The lowest BCUT2D eigenvalue weighted by Crippen LogP contribution is -2.29. The van der Waals surface area contributed by atoms with Gasteiger partial charge in [-0.15, -0.1) is 0 Å². The first-order chi connectivity index (χ1) is 12.8. The Balaban J connectivity index is 1.68. The fraction of sp³-hybridized carbons (Fsp3) is 0.316. The number of hydrogen-bond acceptors (Lipinski definition) is 1. The zero-order valence-corrected chi connectivity index (χ0v) is 15.1. The van der Waals surface area contributed by atoms with Crippen molar-refractivity contribution >= 4 is 23.3 Å². The molecule has 0 saturated heterocycles. The first-order valence-corrected chi connectivity index (χ1v) is 8.79. The van der Waals surface area contributed by atoms with Gasteiger partial charge in [-0.3, -0.25) is 0 Å². The number of carbonyl (C=O) groups excluding carboxylic acids is 1. The number of nitrogens with one attached hydrogen (secondary N) is 2. The minimum absolute atomic E-state index is 0.0144. The summed E-state index contributed by atoms with van der Waals surface area (Å²) < 4.78 is 51.2. The second-order valence-corrected chi connectivity index (χ2v) is 6.42. The molecule has 0 bridgehead atoms. The average Bonchev–Trinajstić information content (AvgIpc) is 2.60. The van der Waals surface area contributed by atoms with E-state index in [0.29, 0.717) is 6.54 Å². The SMILES string of the molecule is O=C(NCCCCCc1ccc(F)cc1)Nc1ccc(Cl)c(C(F)(F)F)c1. The van der Waals surface area contributed by atoms with Crippen molar-refractivity contribution in [2.24, 2.45) is 0 Å². The fourth-order valence-electron chi connectivity index (χ4n) is 2.48. The molecule has 0 heterocycles. The Kier molecular flexibility index (Phi) is 7.47. The first-order valence-electron chi connectivity index (χ1n) is 8.42. The standard InChI is InChI=1S/C19H19ClF4N2O/c20-17-10-9-15(12-16(17)19(22,23)24)26-18(27)25-11-3-1-2-4-13-5-7-14(21)8-6-13/h5-10,12H,1-4,11H2,(H2,25,26,27). The van der Waals surface area contributed by atoms with E-state index in [-0.39, 0.29) is 11.5 Å². The predicted molar refractivity (Wildman–Crippen MR) is 97.4 cm³/mol. The predicted octanol–water partition coefficient (Wildman–Crippen LogP) is 6.03. The van der Waals surface area contributed by atoms with Gasteiger partial charge in [-0.25, -0.2) is 9.18 Å². The molecule has 0 aliphatic heterocycles. The van der Waals surface area contributed by atoms with E-state index >= 15 is 0 Å². The van der Waals surface area contributed by atoms with Gasteiger partial charge in [0.25, 0.3) is 0 Å². The van der Waals surface area contributed by atoms with Crippen LogP contribution in [0.3, 0.4) is 0 Å². The summed E-state index contributed by atoms with van der Waals surface area (Å²) in [7, 11) is 0. The van der Waals surface area contributed by atoms with E-state index in [4.69, 9.17) is 11.6 Å². The van der Waals surface area contributed by atoms with Crippen molar-refractivity contribution in [3.63, 3.8) is 0 Å². The van der Waals surface area contributed by atoms with Crippen LogP contribution < -0.4 is 10.6 Å². The molecule has 2 amide bonds. The number of alkyl halides is 3. The monoisotopic (exact) mass is 402 g/mol. The highest BCUT2D eigenvalue weighted by molar-refractivity contribution is 6.31. The molecule has 0 aliphatic carbocycles. The average molecular weight is 403 g/mol. The molecule has 0 atom stereocenters. The number of rotatable bonds is 7. The Labute approximate surface area is 159 Å². The van der Waals surface area contributed by atoms with Crippen LogP contribution in [0.2, 0.25) is 5.02 Å². The van der Waals surface area contributed by atoms with Crippen LogP contribution in [0.15, 0.2) is 42.5 Å². The fourth-order valence-corrected chi connectivity index (χ4v) is 2.70. The number of halogens is 5. The van der Waals surface area contributed by atoms with Crippen molar-refractivity contribution in [1.29, 1.82) is 0 Å². The van der Waals surface area contributed by atoms with Gasteiger partial charge >= 0.3 is 12.2 Å². The quantitative estimate of drug-likeness (QED) is 0.430. The number of urea groups is 1. The van der Waals surface area contributed by atoms with Gasteiger partial charge < -0.3 is 10.6 Å². The van der Waals surface area contributed by atoms with Gasteiger partial charge in [0.1, 0.15) is 5.82 Å². The maximum absolute atomic E-state index is 12.8. The van der Waals surface area contributed by atoms with Crippen LogP contribution in [-0.4, -0.2) is 12.6 Å². The number of benzene rings is 2. The summed E-state index contributed by atoms with van der Waals surface area (Å²) >= 11 is 5.53. The van der Waals surface area contributed by atoms with Gasteiger partial charge in [0, 0.05) is 12.2 Å². The molecule has 2 rings (SSSR count). The highest BCUT2D eigenvalue weighted by atomic mass is 35.5. The van der Waals surface area contributed by atoms with E-state index in [9.17, 15) is 22.4 Å². The minimum atomic E-state index is -4.59. The maximum atomic E-state index is 12.8. The van der Waals surface area contributed by atoms with Crippen molar-refractivity contribution in [3.05, 3.63) is 64.4 Å². The number of aryl methyl sites for hydroxylation is 1. The maximum Gasteiger partial charge on any atom is 0.417 e. The highest BCUT2D eigenvalue weighted by Gasteiger charge is 2.33. The molecule has 2 aromatic carbocycles. The van der Waals surface area contributed by atoms with E-state index in [1.165, 1.54) is 18.2 Å². The van der Waals surface area contributed by atoms with Crippen LogP contribution in [-0.2, 0) is 12.6 Å². The molecule has 0 saturated carbocycles. The van der Waals surface area contributed by atoms with E-state index in [1.807, 2.05) is 0 Å². The summed E-state index contributed by atoms with van der Waals surface area (Å²) in [4.78, 5) is 11.8. The second kappa shape index (κ2) is 9.60. The molecule has 0 spiro atoms. The molecule has 0 radical (unpaired) electrons. The van der Waals surface area contributed by atoms with Gasteiger partial charge in [0.2, 0.25) is 0 Å². The van der Waals surface area contributed by atoms with E-state index < -0.39 is 22.8 Å². The molecule has 0 aliphatic rings. The lowest BCUT2D eigenvalue weighted by Gasteiger charge is -2.12. The summed E-state index contributed by atoms with van der Waals surface area (Å²) in [5.74, 6) is -0.267. The summed E-state index contributed by atoms with van der Waals surface area (Å²) in [5.41, 5.74) is 0.0635.